The van der Waals surface area contributed by atoms with Crippen molar-refractivity contribution in [3.63, 3.8) is 0 Å². The largest absolute Gasteiger partial charge is 1.00 e. The normalized spacial score (nSPS) is 10.2. The van der Waals surface area contributed by atoms with Gasteiger partial charge in [0, 0.05) is 51.4 Å². The van der Waals surface area contributed by atoms with Gasteiger partial charge in [-0.15, -0.1) is 0 Å². The van der Waals surface area contributed by atoms with Gasteiger partial charge in [-0.3, -0.25) is 4.79 Å². The third-order valence-corrected chi connectivity index (χ3v) is 9.40. The number of hydrogen-bond acceptors (Lipinski definition) is 10. The molecule has 312 valence electrons. The second-order valence-corrected chi connectivity index (χ2v) is 13.2. The molecule has 0 unspecified atom stereocenters. The van der Waals surface area contributed by atoms with Gasteiger partial charge in [-0.1, -0.05) is 0 Å². The Morgan fingerprint density at radius 2 is 0.638 bits per heavy atom. The first-order chi connectivity index (χ1) is 27.1. The number of esters is 1. The van der Waals surface area contributed by atoms with Crippen molar-refractivity contribution in [1.29, 1.82) is 0 Å². The minimum absolute atomic E-state index is 0. The van der Waals surface area contributed by atoms with E-state index in [-0.39, 0.29) is 29.6 Å². The molecule has 0 radical (unpaired) electrons. The highest BCUT2D eigenvalue weighted by atomic mass is 16.5. The van der Waals surface area contributed by atoms with Crippen molar-refractivity contribution in [3.8, 4) is 45.3 Å². The topological polar surface area (TPSA) is 212 Å². The highest BCUT2D eigenvalue weighted by Gasteiger charge is 2.29. The van der Waals surface area contributed by atoms with Crippen LogP contribution in [0.1, 0.15) is 101 Å². The number of carboxylic acid groups (broad SMARTS) is 4. The van der Waals surface area contributed by atoms with E-state index < -0.39 is 23.9 Å². The molecule has 0 fully saturated rings. The molecular weight excluding hydrogens is 752 g/mol. The monoisotopic (exact) mass is 805 g/mol. The number of aryl methyl sites for hydroxylation is 4. The molecule has 4 aromatic rings. The summed E-state index contributed by atoms with van der Waals surface area (Å²) in [4.78, 5) is 57.4. The third-order valence-electron chi connectivity index (χ3n) is 9.40. The number of aromatic carboxylic acids is 4. The first-order valence-electron chi connectivity index (χ1n) is 17.9. The molecule has 0 aromatic heterocycles. The van der Waals surface area contributed by atoms with Crippen molar-refractivity contribution >= 4 is 29.8 Å². The Kier molecular flexibility index (Phi) is 16.4. The van der Waals surface area contributed by atoms with Crippen molar-refractivity contribution in [3.05, 3.63) is 91.0 Å². The van der Waals surface area contributed by atoms with Crippen LogP contribution < -0.4 is 18.9 Å². The van der Waals surface area contributed by atoms with Gasteiger partial charge >= 0.3 is 31.3 Å². The molecule has 58 heavy (non-hydrogen) atoms. The first kappa shape index (κ1) is 47.6. The van der Waals surface area contributed by atoms with Gasteiger partial charge in [0.15, 0.2) is 0 Å². The maximum Gasteiger partial charge on any atom is 1.00 e. The highest BCUT2D eigenvalue weighted by molar-refractivity contribution is 6.06. The Labute approximate surface area is 339 Å². The van der Waals surface area contributed by atoms with E-state index in [1.54, 1.807) is 62.3 Å². The number of rotatable bonds is 11. The summed E-state index contributed by atoms with van der Waals surface area (Å²) < 4.78 is 26.1. The predicted octanol–water partition coefficient (Wildman–Crippen LogP) is 8.68. The molecule has 0 saturated carbocycles. The lowest BCUT2D eigenvalue weighted by Gasteiger charge is -2.21. The van der Waals surface area contributed by atoms with Gasteiger partial charge < -0.3 is 44.1 Å². The highest BCUT2D eigenvalue weighted by Crippen LogP contribution is 2.44. The molecule has 4 aromatic carbocycles. The quantitative estimate of drug-likeness (QED) is 0.104. The van der Waals surface area contributed by atoms with Crippen molar-refractivity contribution < 1.29 is 69.5 Å². The van der Waals surface area contributed by atoms with Crippen LogP contribution in [0.5, 0.6) is 23.0 Å². The molecule has 0 aliphatic heterocycles. The van der Waals surface area contributed by atoms with Crippen molar-refractivity contribution in [1.82, 2.24) is 0 Å². The Hall–Kier alpha value is -6.57. The lowest BCUT2D eigenvalue weighted by molar-refractivity contribution is -0.140. The van der Waals surface area contributed by atoms with Gasteiger partial charge in [-0.2, -0.15) is 0 Å². The average molecular weight is 806 g/mol. The summed E-state index contributed by atoms with van der Waals surface area (Å²) in [5, 5.41) is 38.9. The fourth-order valence-electron chi connectivity index (χ4n) is 7.28. The molecule has 0 aliphatic carbocycles. The molecule has 0 aliphatic rings. The summed E-state index contributed by atoms with van der Waals surface area (Å²) in [5.74, 6) is -2.64. The summed E-state index contributed by atoms with van der Waals surface area (Å²) in [7, 11) is 6.00. The second-order valence-electron chi connectivity index (χ2n) is 13.2. The molecule has 0 atom stereocenters. The number of carbonyl (C=O) groups excluding carboxylic acids is 1. The smallest absolute Gasteiger partial charge is 0.496 e. The second kappa shape index (κ2) is 20.0. The van der Waals surface area contributed by atoms with E-state index in [0.717, 1.165) is 0 Å². The van der Waals surface area contributed by atoms with Crippen LogP contribution in [-0.4, -0.2) is 85.3 Å². The molecule has 0 heterocycles. The fourth-order valence-corrected chi connectivity index (χ4v) is 7.28. The SMILES string of the molecule is CCOC(C)=O.COc1c(C)cc(C(=O)O)c(-c2c(C(=O)O)cc(C)c(OC)c2C)c1C.COc1c(C)cc(C(=O)O)c(-c2c(C(=O)O)cc(C)c(OC)c2C)c1C.[H+]. The summed E-state index contributed by atoms with van der Waals surface area (Å²) >= 11 is 0. The molecule has 4 rings (SSSR count). The van der Waals surface area contributed by atoms with Crippen LogP contribution in [0.25, 0.3) is 22.3 Å². The average Bonchev–Trinajstić information content (AvgIpc) is 3.12. The molecule has 0 saturated heterocycles. The zero-order chi connectivity index (χ0) is 44.5. The van der Waals surface area contributed by atoms with Crippen molar-refractivity contribution in [2.45, 2.75) is 69.2 Å². The van der Waals surface area contributed by atoms with Crippen LogP contribution in [-0.2, 0) is 9.53 Å². The molecule has 14 heteroatoms. The van der Waals surface area contributed by atoms with Gasteiger partial charge in [0.05, 0.1) is 57.3 Å². The van der Waals surface area contributed by atoms with Crippen LogP contribution in [0.4, 0.5) is 0 Å². The standard InChI is InChI=1S/2C20H22O6.C4H8O2/c2*1-9-7-13(19(21)22)15(11(3)17(9)25-5)16-12(4)18(26-6)10(2)8-14(16)20(23)24;1-3-6-4(2)5/h2*7-8H,1-6H3,(H,21,22)(H,23,24);3H2,1-2H3/p+1. The van der Waals surface area contributed by atoms with E-state index in [4.69, 9.17) is 18.9 Å². The molecular formula is C44H53O14+. The van der Waals surface area contributed by atoms with Crippen LogP contribution in [0.3, 0.4) is 0 Å². The van der Waals surface area contributed by atoms with Crippen LogP contribution in [0, 0.1) is 55.4 Å². The van der Waals surface area contributed by atoms with E-state index in [9.17, 15) is 44.4 Å². The van der Waals surface area contributed by atoms with E-state index in [0.29, 0.717) is 96.4 Å². The lowest BCUT2D eigenvalue weighted by atomic mass is 9.85. The van der Waals surface area contributed by atoms with Gasteiger partial charge in [-0.05, 0) is 109 Å². The van der Waals surface area contributed by atoms with Crippen molar-refractivity contribution in [2.24, 2.45) is 0 Å². The van der Waals surface area contributed by atoms with Crippen LogP contribution in [0.15, 0.2) is 24.3 Å². The lowest BCUT2D eigenvalue weighted by Crippen LogP contribution is -2.10. The molecule has 0 bridgehead atoms. The van der Waals surface area contributed by atoms with Crippen LogP contribution in [0.2, 0.25) is 0 Å². The minimum atomic E-state index is -1.14. The zero-order valence-corrected chi connectivity index (χ0v) is 35.4. The fraction of sp³-hybridized carbons (Fsp3) is 0.341. The maximum atomic E-state index is 11.9. The summed E-state index contributed by atoms with van der Waals surface area (Å²) in [6.07, 6.45) is 0. The predicted molar refractivity (Wildman–Crippen MR) is 219 cm³/mol. The summed E-state index contributed by atoms with van der Waals surface area (Å²) in [5.41, 5.74) is 6.36. The Morgan fingerprint density at radius 1 is 0.448 bits per heavy atom. The number of benzene rings is 4. The Bertz CT molecular complexity index is 1970. The number of ether oxygens (including phenoxy) is 5. The van der Waals surface area contributed by atoms with E-state index in [1.807, 2.05) is 0 Å². The minimum Gasteiger partial charge on any atom is -0.496 e. The molecule has 0 amide bonds. The number of carboxylic acids is 4. The number of carbonyl (C=O) groups is 5. The number of hydrogen-bond donors (Lipinski definition) is 4. The van der Waals surface area contributed by atoms with Gasteiger partial charge in [0.25, 0.3) is 0 Å². The Morgan fingerprint density at radius 3 is 0.741 bits per heavy atom. The van der Waals surface area contributed by atoms with Crippen molar-refractivity contribution in [2.75, 3.05) is 35.0 Å². The van der Waals surface area contributed by atoms with E-state index in [2.05, 4.69) is 4.74 Å². The molecule has 0 spiro atoms. The summed E-state index contributed by atoms with van der Waals surface area (Å²) in [6, 6.07) is 6.00. The van der Waals surface area contributed by atoms with Gasteiger partial charge in [0.1, 0.15) is 23.0 Å². The zero-order valence-electron chi connectivity index (χ0n) is 36.4. The first-order valence-corrected chi connectivity index (χ1v) is 17.9. The Balaban J connectivity index is 0.000000511. The van der Waals surface area contributed by atoms with E-state index in [1.165, 1.54) is 59.6 Å². The van der Waals surface area contributed by atoms with Crippen LogP contribution >= 0.6 is 0 Å². The summed E-state index contributed by atoms with van der Waals surface area (Å²) in [6.45, 7) is 17.6. The van der Waals surface area contributed by atoms with E-state index >= 15 is 0 Å². The molecule has 4 N–H and O–H groups in total. The number of methoxy groups -OCH3 is 4. The molecule has 14 nitrogen and oxygen atoms in total. The third kappa shape index (κ3) is 9.86. The maximum absolute atomic E-state index is 11.9. The van der Waals surface area contributed by atoms with Gasteiger partial charge in [-0.25, -0.2) is 19.2 Å². The van der Waals surface area contributed by atoms with Gasteiger partial charge in [0.2, 0.25) is 0 Å².